The first-order chi connectivity index (χ1) is 10.6. The van der Waals surface area contributed by atoms with Crippen molar-refractivity contribution in [1.29, 1.82) is 5.41 Å². The Morgan fingerprint density at radius 1 is 1.27 bits per heavy atom. The summed E-state index contributed by atoms with van der Waals surface area (Å²) in [5, 5.41) is 7.45. The summed E-state index contributed by atoms with van der Waals surface area (Å²) in [4.78, 5) is 12.1. The molecule has 0 unspecified atom stereocenters. The summed E-state index contributed by atoms with van der Waals surface area (Å²) < 4.78 is 2.24. The highest BCUT2D eigenvalue weighted by atomic mass is 32.2. The minimum absolute atomic E-state index is 0.0199. The second-order valence-corrected chi connectivity index (χ2v) is 6.28. The third-order valence-corrected chi connectivity index (χ3v) is 4.36. The van der Waals surface area contributed by atoms with Gasteiger partial charge in [0, 0.05) is 17.2 Å². The van der Waals surface area contributed by atoms with Gasteiger partial charge >= 0.3 is 0 Å². The summed E-state index contributed by atoms with van der Waals surface area (Å²) >= 11 is 6.59. The lowest BCUT2D eigenvalue weighted by atomic mass is 10.2. The molecule has 0 bridgehead atoms. The fourth-order valence-electron chi connectivity index (χ4n) is 1.86. The fourth-order valence-corrected chi connectivity index (χ4v) is 2.92. The molecule has 22 heavy (non-hydrogen) atoms. The van der Waals surface area contributed by atoms with E-state index >= 15 is 0 Å². The van der Waals surface area contributed by atoms with Crippen LogP contribution in [0, 0.1) is 12.3 Å². The van der Waals surface area contributed by atoms with Crippen LogP contribution in [-0.2, 0) is 0 Å². The van der Waals surface area contributed by atoms with Gasteiger partial charge in [0.05, 0.1) is 11.6 Å². The molecule has 2 rings (SSSR count). The van der Waals surface area contributed by atoms with Gasteiger partial charge < -0.3 is 0 Å². The molecule has 2 aromatic rings. The van der Waals surface area contributed by atoms with Crippen molar-refractivity contribution in [2.24, 2.45) is 0 Å². The second kappa shape index (κ2) is 7.80. The number of pyridine rings is 1. The summed E-state index contributed by atoms with van der Waals surface area (Å²) in [5.41, 5.74) is 2.20. The standard InChI is InChI=1S/C17H15N2OS2/c1-13-6-5-9-19(11-13)15(10-18)17(21)22-12-16(20)14-7-3-2-4-8-14/h2-9,11,18H,12H2,1H3/q+1. The van der Waals surface area contributed by atoms with E-state index in [1.54, 1.807) is 16.7 Å². The normalized spacial score (nSPS) is 9.86. The predicted molar refractivity (Wildman–Crippen MR) is 94.6 cm³/mol. The number of nitrogens with one attached hydrogen (secondary N) is 1. The molecule has 0 spiro atoms. The van der Waals surface area contributed by atoms with Gasteiger partial charge in [-0.3, -0.25) is 10.2 Å². The minimum atomic E-state index is 0.0199. The van der Waals surface area contributed by atoms with Crippen LogP contribution in [0.1, 0.15) is 15.9 Å². The minimum Gasteiger partial charge on any atom is -0.293 e. The van der Waals surface area contributed by atoms with E-state index < -0.39 is 0 Å². The molecule has 0 saturated heterocycles. The van der Waals surface area contributed by atoms with Crippen LogP contribution in [0.3, 0.4) is 0 Å². The van der Waals surface area contributed by atoms with Gasteiger partial charge in [0.25, 0.3) is 5.70 Å². The highest BCUT2D eigenvalue weighted by Gasteiger charge is 2.18. The molecule has 1 aromatic carbocycles. The Balaban J connectivity index is 2.05. The zero-order valence-corrected chi connectivity index (χ0v) is 13.7. The monoisotopic (exact) mass is 327 g/mol. The average Bonchev–Trinajstić information content (AvgIpc) is 2.54. The number of hydrogen-bond acceptors (Lipinski definition) is 4. The predicted octanol–water partition coefficient (Wildman–Crippen LogP) is 3.32. The Kier molecular flexibility index (Phi) is 5.78. The summed E-state index contributed by atoms with van der Waals surface area (Å²) in [6.45, 7) is 1.97. The van der Waals surface area contributed by atoms with E-state index in [9.17, 15) is 4.79 Å². The Hall–Kier alpha value is -2.07. The number of carbonyl (C=O) groups is 1. The molecule has 3 nitrogen and oxygen atoms in total. The van der Waals surface area contributed by atoms with Crippen LogP contribution in [0.5, 0.6) is 0 Å². The summed E-state index contributed by atoms with van der Waals surface area (Å²) in [7, 11) is 0. The molecule has 0 atom stereocenters. The highest BCUT2D eigenvalue weighted by Crippen LogP contribution is 2.14. The van der Waals surface area contributed by atoms with E-state index in [2.05, 4.69) is 5.87 Å². The van der Waals surface area contributed by atoms with Gasteiger partial charge in [-0.15, -0.1) is 0 Å². The van der Waals surface area contributed by atoms with Gasteiger partial charge in [0.2, 0.25) is 0 Å². The third-order valence-electron chi connectivity index (χ3n) is 2.95. The van der Waals surface area contributed by atoms with Crippen LogP contribution in [0.15, 0.2) is 54.9 Å². The molecule has 0 radical (unpaired) electrons. The maximum Gasteiger partial charge on any atom is 0.297 e. The fraction of sp³-hybridized carbons (Fsp3) is 0.118. The lowest BCUT2D eigenvalue weighted by molar-refractivity contribution is -0.574. The molecular weight excluding hydrogens is 312 g/mol. The number of nitrogens with zero attached hydrogens (tertiary/aromatic N) is 1. The van der Waals surface area contributed by atoms with Crippen LogP contribution in [0.25, 0.3) is 5.70 Å². The number of thiocarbonyl (C=S) groups is 1. The van der Waals surface area contributed by atoms with Crippen molar-refractivity contribution < 1.29 is 9.36 Å². The smallest absolute Gasteiger partial charge is 0.293 e. The lowest BCUT2D eigenvalue weighted by Crippen LogP contribution is -2.35. The molecular formula is C17H15N2OS2+. The van der Waals surface area contributed by atoms with Crippen molar-refractivity contribution in [2.75, 3.05) is 5.75 Å². The zero-order valence-electron chi connectivity index (χ0n) is 12.1. The van der Waals surface area contributed by atoms with Crippen molar-refractivity contribution in [3.8, 4) is 0 Å². The quantitative estimate of drug-likeness (QED) is 0.301. The number of aromatic nitrogens is 1. The highest BCUT2D eigenvalue weighted by molar-refractivity contribution is 8.24. The van der Waals surface area contributed by atoms with Crippen LogP contribution < -0.4 is 4.57 Å². The number of ketones is 1. The van der Waals surface area contributed by atoms with Crippen LogP contribution in [0.2, 0.25) is 0 Å². The first kappa shape index (κ1) is 16.3. The second-order valence-electron chi connectivity index (χ2n) is 4.63. The van der Waals surface area contributed by atoms with Crippen molar-refractivity contribution in [3.05, 3.63) is 66.0 Å². The number of Topliss-reactive ketones (excluding diaryl/α,β-unsaturated/α-hetero) is 1. The van der Waals surface area contributed by atoms with E-state index in [0.717, 1.165) is 5.56 Å². The number of rotatable bonds is 5. The average molecular weight is 327 g/mol. The van der Waals surface area contributed by atoms with Gasteiger partial charge in [-0.2, -0.15) is 4.57 Å². The van der Waals surface area contributed by atoms with Crippen molar-refractivity contribution >= 4 is 45.5 Å². The van der Waals surface area contributed by atoms with Crippen LogP contribution >= 0.6 is 24.0 Å². The van der Waals surface area contributed by atoms with E-state index in [-0.39, 0.29) is 11.5 Å². The molecule has 0 amide bonds. The van der Waals surface area contributed by atoms with Crippen molar-refractivity contribution in [3.63, 3.8) is 0 Å². The summed E-state index contributed by atoms with van der Waals surface area (Å²) in [6, 6.07) is 13.0. The van der Waals surface area contributed by atoms with Crippen molar-refractivity contribution in [2.45, 2.75) is 6.92 Å². The Bertz CT molecular complexity index is 750. The zero-order chi connectivity index (χ0) is 15.9. The van der Waals surface area contributed by atoms with Gasteiger partial charge in [0.15, 0.2) is 22.4 Å². The maximum absolute atomic E-state index is 12.1. The first-order valence-electron chi connectivity index (χ1n) is 6.65. The number of aryl methyl sites for hydroxylation is 1. The van der Waals surface area contributed by atoms with Gasteiger partial charge in [-0.1, -0.05) is 54.3 Å². The van der Waals surface area contributed by atoms with E-state index in [1.807, 2.05) is 49.6 Å². The SMILES string of the molecule is Cc1ccc[n+](C(=C=N)C(=S)SCC(=O)c2ccccc2)c1. The van der Waals surface area contributed by atoms with Gasteiger partial charge in [-0.05, 0) is 13.0 Å². The molecule has 0 aliphatic carbocycles. The number of benzene rings is 1. The third kappa shape index (κ3) is 4.21. The van der Waals surface area contributed by atoms with E-state index in [1.165, 1.54) is 11.8 Å². The molecule has 1 aromatic heterocycles. The van der Waals surface area contributed by atoms with Crippen LogP contribution in [-0.4, -0.2) is 21.6 Å². The molecule has 0 saturated carbocycles. The molecule has 0 fully saturated rings. The summed E-state index contributed by atoms with van der Waals surface area (Å²) in [5.74, 6) is 2.64. The van der Waals surface area contributed by atoms with E-state index in [4.69, 9.17) is 17.6 Å². The number of carbonyl (C=O) groups excluding carboxylic acids is 1. The van der Waals surface area contributed by atoms with Crippen LogP contribution in [0.4, 0.5) is 0 Å². The van der Waals surface area contributed by atoms with Gasteiger partial charge in [-0.25, -0.2) is 0 Å². The summed E-state index contributed by atoms with van der Waals surface area (Å²) in [6.07, 6.45) is 3.69. The number of thioether (sulfide) groups is 1. The lowest BCUT2D eigenvalue weighted by Gasteiger charge is -2.02. The first-order valence-corrected chi connectivity index (χ1v) is 8.04. The van der Waals surface area contributed by atoms with Crippen molar-refractivity contribution in [1.82, 2.24) is 0 Å². The molecule has 1 heterocycles. The van der Waals surface area contributed by atoms with E-state index in [0.29, 0.717) is 15.5 Å². The Morgan fingerprint density at radius 3 is 2.64 bits per heavy atom. The topological polar surface area (TPSA) is 44.8 Å². The number of hydrogen-bond donors (Lipinski definition) is 1. The molecule has 110 valence electrons. The largest absolute Gasteiger partial charge is 0.297 e. The van der Waals surface area contributed by atoms with Gasteiger partial charge in [0.1, 0.15) is 0 Å². The molecule has 0 aliphatic rings. The maximum atomic E-state index is 12.1. The molecule has 0 aliphatic heterocycles. The molecule has 1 N–H and O–H groups in total. The molecule has 5 heteroatoms. The Labute approximate surface area is 139 Å². The Morgan fingerprint density at radius 2 is 2.00 bits per heavy atom.